The van der Waals surface area contributed by atoms with Crippen molar-refractivity contribution in [1.82, 2.24) is 4.57 Å². The predicted octanol–water partition coefficient (Wildman–Crippen LogP) is 7.95. The molecule has 5 aromatic rings. The van der Waals surface area contributed by atoms with Gasteiger partial charge >= 0.3 is 0 Å². The van der Waals surface area contributed by atoms with Crippen molar-refractivity contribution in [3.63, 3.8) is 0 Å². The minimum atomic E-state index is -0.228. The van der Waals surface area contributed by atoms with Gasteiger partial charge in [-0.2, -0.15) is 0 Å². The van der Waals surface area contributed by atoms with Crippen LogP contribution < -0.4 is 10.5 Å². The molecule has 4 nitrogen and oxygen atoms in total. The summed E-state index contributed by atoms with van der Waals surface area (Å²) in [5.41, 5.74) is 13.3. The summed E-state index contributed by atoms with van der Waals surface area (Å²) in [7, 11) is 0. The Morgan fingerprint density at radius 2 is 1.57 bits per heavy atom. The molecule has 3 atom stereocenters. The highest BCUT2D eigenvalue weighted by Crippen LogP contribution is 2.51. The molecular weight excluding hydrogens is 490 g/mol. The van der Waals surface area contributed by atoms with Crippen molar-refractivity contribution in [1.29, 1.82) is 0 Å². The second kappa shape index (κ2) is 9.42. The number of rotatable bonds is 5. The number of aliphatic imine (C=N–C) groups is 1. The molecule has 7 rings (SSSR count). The van der Waals surface area contributed by atoms with Crippen LogP contribution in [0, 0.1) is 0 Å². The minimum Gasteiger partial charge on any atom is -0.483 e. The summed E-state index contributed by atoms with van der Waals surface area (Å²) in [4.78, 5) is 5.33. The molecule has 2 heterocycles. The molecule has 40 heavy (non-hydrogen) atoms. The van der Waals surface area contributed by atoms with E-state index in [-0.39, 0.29) is 17.7 Å². The van der Waals surface area contributed by atoms with Gasteiger partial charge in [0.1, 0.15) is 18.0 Å². The highest BCUT2D eigenvalue weighted by molar-refractivity contribution is 6.13. The van der Waals surface area contributed by atoms with Gasteiger partial charge in [0.2, 0.25) is 0 Å². The number of hydrogen-bond donors (Lipinski definition) is 1. The molecule has 0 fully saturated rings. The molecule has 196 valence electrons. The number of benzene rings is 4. The molecule has 1 aromatic heterocycles. The third-order valence-corrected chi connectivity index (χ3v) is 8.25. The van der Waals surface area contributed by atoms with E-state index in [2.05, 4.69) is 91.2 Å². The minimum absolute atomic E-state index is 0.0307. The van der Waals surface area contributed by atoms with Crippen molar-refractivity contribution in [3.05, 3.63) is 144 Å². The Hall–Kier alpha value is -4.83. The zero-order chi connectivity index (χ0) is 27.3. The van der Waals surface area contributed by atoms with E-state index in [9.17, 15) is 0 Å². The van der Waals surface area contributed by atoms with Gasteiger partial charge in [0.05, 0.1) is 22.2 Å². The van der Waals surface area contributed by atoms with E-state index in [0.29, 0.717) is 5.70 Å². The third kappa shape index (κ3) is 3.79. The fraction of sp³-hybridized carbons (Fsp3) is 0.139. The molecule has 0 saturated carbocycles. The SMILES string of the molecule is CC(/N=C(\C=C(/N)c1ccccc1)c1ccccc1)n1c2ccccc2c2ccc3c(c21)OC1C=CC=CC31C. The number of para-hydroxylation sites is 1. The molecule has 0 bridgehead atoms. The largest absolute Gasteiger partial charge is 0.483 e. The van der Waals surface area contributed by atoms with E-state index in [1.807, 2.05) is 54.6 Å². The molecule has 0 spiro atoms. The lowest BCUT2D eigenvalue weighted by molar-refractivity contribution is 0.229. The van der Waals surface area contributed by atoms with E-state index < -0.39 is 0 Å². The van der Waals surface area contributed by atoms with Gasteiger partial charge in [0.25, 0.3) is 0 Å². The second-order valence-corrected chi connectivity index (χ2v) is 10.8. The molecule has 2 aliphatic rings. The van der Waals surface area contributed by atoms with Crippen LogP contribution in [0.3, 0.4) is 0 Å². The third-order valence-electron chi connectivity index (χ3n) is 8.25. The Kier molecular flexibility index (Phi) is 5.71. The van der Waals surface area contributed by atoms with Gasteiger partial charge in [-0.05, 0) is 43.2 Å². The molecule has 4 aromatic carbocycles. The van der Waals surface area contributed by atoms with Crippen molar-refractivity contribution in [2.24, 2.45) is 10.7 Å². The fourth-order valence-corrected chi connectivity index (χ4v) is 6.16. The predicted molar refractivity (Wildman–Crippen MR) is 166 cm³/mol. The first-order valence-corrected chi connectivity index (χ1v) is 13.8. The van der Waals surface area contributed by atoms with E-state index in [1.165, 1.54) is 16.3 Å². The maximum atomic E-state index is 6.72. The van der Waals surface area contributed by atoms with Crippen LogP contribution in [0.5, 0.6) is 5.75 Å². The Labute approximate surface area is 234 Å². The molecule has 0 radical (unpaired) electrons. The number of ether oxygens (including phenoxy) is 1. The highest BCUT2D eigenvalue weighted by Gasteiger charge is 2.44. The average Bonchev–Trinajstić information content (AvgIpc) is 3.50. The maximum Gasteiger partial charge on any atom is 0.148 e. The van der Waals surface area contributed by atoms with Crippen LogP contribution in [0.25, 0.3) is 27.5 Å². The number of nitrogens with two attached hydrogens (primary N) is 1. The van der Waals surface area contributed by atoms with E-state index in [0.717, 1.165) is 33.6 Å². The standard InChI is InChI=1S/C36H31N3O/c1-24(38-31(26-15-7-4-8-16-26)23-30(37)25-13-5-3-6-14-25)39-32-18-10-9-17-27(32)28-20-21-29-35(34(28)39)40-33-19-11-12-22-36(29,33)2/h3-24,33H,37H2,1-2H3/b30-23-,38-31+. The molecule has 3 unspecified atom stereocenters. The number of nitrogens with zero attached hydrogens (tertiary/aromatic N) is 2. The number of hydrogen-bond acceptors (Lipinski definition) is 3. The van der Waals surface area contributed by atoms with Crippen molar-refractivity contribution < 1.29 is 4.74 Å². The van der Waals surface area contributed by atoms with Crippen molar-refractivity contribution >= 4 is 33.2 Å². The van der Waals surface area contributed by atoms with Crippen molar-refractivity contribution in [2.75, 3.05) is 0 Å². The molecule has 4 heteroatoms. The fourth-order valence-electron chi connectivity index (χ4n) is 6.16. The lowest BCUT2D eigenvalue weighted by Gasteiger charge is -2.26. The van der Waals surface area contributed by atoms with Crippen LogP contribution in [0.4, 0.5) is 0 Å². The topological polar surface area (TPSA) is 52.5 Å². The normalized spacial score (nSPS) is 20.9. The van der Waals surface area contributed by atoms with Crippen LogP contribution in [-0.2, 0) is 5.41 Å². The number of allylic oxidation sites excluding steroid dienone is 3. The molecule has 0 amide bonds. The zero-order valence-corrected chi connectivity index (χ0v) is 22.7. The van der Waals surface area contributed by atoms with Gasteiger partial charge in [-0.25, -0.2) is 0 Å². The quantitative estimate of drug-likeness (QED) is 0.239. The monoisotopic (exact) mass is 521 g/mol. The molecule has 1 aliphatic heterocycles. The Morgan fingerprint density at radius 3 is 2.35 bits per heavy atom. The van der Waals surface area contributed by atoms with Gasteiger partial charge in [-0.15, -0.1) is 0 Å². The Morgan fingerprint density at radius 1 is 0.875 bits per heavy atom. The molecule has 2 N–H and O–H groups in total. The van der Waals surface area contributed by atoms with E-state index in [4.69, 9.17) is 15.5 Å². The van der Waals surface area contributed by atoms with Gasteiger partial charge in [-0.1, -0.05) is 109 Å². The van der Waals surface area contributed by atoms with Crippen LogP contribution in [-0.4, -0.2) is 16.4 Å². The Balaban J connectivity index is 1.45. The van der Waals surface area contributed by atoms with Crippen molar-refractivity contribution in [3.8, 4) is 5.75 Å². The van der Waals surface area contributed by atoms with Crippen LogP contribution in [0.1, 0.15) is 36.7 Å². The first kappa shape index (κ1) is 24.2. The smallest absolute Gasteiger partial charge is 0.148 e. The van der Waals surface area contributed by atoms with Gasteiger partial charge in [0, 0.05) is 22.0 Å². The molecular formula is C36H31N3O. The summed E-state index contributed by atoms with van der Waals surface area (Å²) in [6, 6.07) is 33.3. The average molecular weight is 522 g/mol. The van der Waals surface area contributed by atoms with Crippen LogP contribution in [0.2, 0.25) is 0 Å². The van der Waals surface area contributed by atoms with E-state index >= 15 is 0 Å². The van der Waals surface area contributed by atoms with Gasteiger partial charge < -0.3 is 15.0 Å². The van der Waals surface area contributed by atoms with E-state index in [1.54, 1.807) is 0 Å². The number of aromatic nitrogens is 1. The lowest BCUT2D eigenvalue weighted by atomic mass is 9.76. The number of fused-ring (bicyclic) bond motifs is 7. The van der Waals surface area contributed by atoms with Gasteiger partial charge in [-0.3, -0.25) is 4.99 Å². The molecule has 0 saturated heterocycles. The second-order valence-electron chi connectivity index (χ2n) is 10.8. The summed E-state index contributed by atoms with van der Waals surface area (Å²) in [5, 5.41) is 2.37. The summed E-state index contributed by atoms with van der Waals surface area (Å²) < 4.78 is 9.05. The molecule has 1 aliphatic carbocycles. The summed E-state index contributed by atoms with van der Waals surface area (Å²) in [5.74, 6) is 0.944. The van der Waals surface area contributed by atoms with Crippen LogP contribution >= 0.6 is 0 Å². The van der Waals surface area contributed by atoms with Crippen LogP contribution in [0.15, 0.2) is 132 Å². The first-order chi connectivity index (χ1) is 19.5. The lowest BCUT2D eigenvalue weighted by Crippen LogP contribution is -2.32. The summed E-state index contributed by atoms with van der Waals surface area (Å²) in [6.45, 7) is 4.40. The Bertz CT molecular complexity index is 1860. The van der Waals surface area contributed by atoms with Gasteiger partial charge in [0.15, 0.2) is 0 Å². The van der Waals surface area contributed by atoms with Crippen molar-refractivity contribution in [2.45, 2.75) is 31.5 Å². The summed E-state index contributed by atoms with van der Waals surface area (Å²) in [6.07, 6.45) is 10.3. The first-order valence-electron chi connectivity index (χ1n) is 13.8. The maximum absolute atomic E-state index is 6.72. The highest BCUT2D eigenvalue weighted by atomic mass is 16.5. The zero-order valence-electron chi connectivity index (χ0n) is 22.7. The summed E-state index contributed by atoms with van der Waals surface area (Å²) >= 11 is 0.